The number of carbonyl (C=O) groups is 3. The van der Waals surface area contributed by atoms with E-state index in [-0.39, 0.29) is 25.7 Å². The van der Waals surface area contributed by atoms with Crippen LogP contribution in [-0.4, -0.2) is 82.3 Å². The number of phosphoric acid groups is 1. The molecular formula is C40H70NO12P. The van der Waals surface area contributed by atoms with Crippen LogP contribution in [0.15, 0.2) is 48.6 Å². The number of aliphatic carboxylic acids is 1. The van der Waals surface area contributed by atoms with Crippen molar-refractivity contribution in [2.75, 3.05) is 19.8 Å². The van der Waals surface area contributed by atoms with Gasteiger partial charge in [-0.15, -0.1) is 0 Å². The lowest BCUT2D eigenvalue weighted by Gasteiger charge is -2.20. The third-order valence-corrected chi connectivity index (χ3v) is 9.24. The molecule has 14 heteroatoms. The summed E-state index contributed by atoms with van der Waals surface area (Å²) in [5.74, 6) is -2.64. The van der Waals surface area contributed by atoms with Crippen molar-refractivity contribution in [3.05, 3.63) is 48.6 Å². The molecule has 0 radical (unpaired) electrons. The summed E-state index contributed by atoms with van der Waals surface area (Å²) in [6.07, 6.45) is 29.7. The number of hydrogen-bond acceptors (Lipinski definition) is 11. The first kappa shape index (κ1) is 51.4. The average Bonchev–Trinajstić information content (AvgIpc) is 3.13. The maximum absolute atomic E-state index is 12.6. The number of phosphoric ester groups is 1. The van der Waals surface area contributed by atoms with Crippen LogP contribution in [0.1, 0.15) is 142 Å². The summed E-state index contributed by atoms with van der Waals surface area (Å²) in [5, 5.41) is 29.0. The van der Waals surface area contributed by atoms with E-state index in [1.54, 1.807) is 24.3 Å². The van der Waals surface area contributed by atoms with Gasteiger partial charge in [-0.2, -0.15) is 0 Å². The molecule has 0 amide bonds. The van der Waals surface area contributed by atoms with E-state index in [1.165, 1.54) is 44.9 Å². The van der Waals surface area contributed by atoms with E-state index >= 15 is 0 Å². The largest absolute Gasteiger partial charge is 0.480 e. The number of aliphatic hydroxyl groups excluding tert-OH is 2. The predicted molar refractivity (Wildman–Crippen MR) is 210 cm³/mol. The maximum Gasteiger partial charge on any atom is 0.472 e. The van der Waals surface area contributed by atoms with Crippen molar-refractivity contribution in [1.29, 1.82) is 0 Å². The fraction of sp³-hybridized carbons (Fsp3) is 0.725. The molecule has 1 unspecified atom stereocenters. The summed E-state index contributed by atoms with van der Waals surface area (Å²) >= 11 is 0. The molecule has 0 saturated heterocycles. The third kappa shape index (κ3) is 33.9. The first-order valence-corrected chi connectivity index (χ1v) is 21.4. The van der Waals surface area contributed by atoms with Crippen molar-refractivity contribution in [3.8, 4) is 0 Å². The Balaban J connectivity index is 4.68. The minimum absolute atomic E-state index is 0.0870. The van der Waals surface area contributed by atoms with Gasteiger partial charge in [0.1, 0.15) is 12.6 Å². The third-order valence-electron chi connectivity index (χ3n) is 8.29. The zero-order valence-electron chi connectivity index (χ0n) is 32.8. The lowest BCUT2D eigenvalue weighted by molar-refractivity contribution is -0.161. The van der Waals surface area contributed by atoms with Crippen LogP contribution in [-0.2, 0) is 37.5 Å². The highest BCUT2D eigenvalue weighted by atomic mass is 31.2. The van der Waals surface area contributed by atoms with Crippen molar-refractivity contribution in [2.45, 2.75) is 167 Å². The van der Waals surface area contributed by atoms with E-state index < -0.39 is 69.9 Å². The number of esters is 2. The Morgan fingerprint density at radius 2 is 1.13 bits per heavy atom. The van der Waals surface area contributed by atoms with Gasteiger partial charge >= 0.3 is 25.7 Å². The van der Waals surface area contributed by atoms with Crippen molar-refractivity contribution in [2.24, 2.45) is 5.73 Å². The number of hydrogen-bond donors (Lipinski definition) is 5. The van der Waals surface area contributed by atoms with E-state index in [0.717, 1.165) is 44.9 Å². The monoisotopic (exact) mass is 787 g/mol. The van der Waals surface area contributed by atoms with Gasteiger partial charge in [0.2, 0.25) is 0 Å². The number of rotatable bonds is 36. The van der Waals surface area contributed by atoms with Crippen LogP contribution in [0, 0.1) is 0 Å². The quantitative estimate of drug-likeness (QED) is 0.0178. The molecule has 0 aliphatic rings. The van der Waals surface area contributed by atoms with Crippen molar-refractivity contribution >= 4 is 25.7 Å². The Bertz CT molecular complexity index is 1140. The lowest BCUT2D eigenvalue weighted by atomic mass is 10.1. The van der Waals surface area contributed by atoms with E-state index in [4.69, 9.17) is 24.8 Å². The zero-order valence-corrected chi connectivity index (χ0v) is 33.7. The molecule has 0 spiro atoms. The van der Waals surface area contributed by atoms with Gasteiger partial charge in [0.15, 0.2) is 6.10 Å². The van der Waals surface area contributed by atoms with Gasteiger partial charge in [0, 0.05) is 12.8 Å². The normalized spacial score (nSPS) is 15.5. The first-order chi connectivity index (χ1) is 25.9. The molecule has 0 heterocycles. The number of aliphatic hydroxyl groups is 2. The van der Waals surface area contributed by atoms with E-state index in [1.807, 2.05) is 24.3 Å². The number of allylic oxidation sites excluding steroid dienone is 6. The average molecular weight is 788 g/mol. The van der Waals surface area contributed by atoms with Crippen LogP contribution in [0.25, 0.3) is 0 Å². The highest BCUT2D eigenvalue weighted by molar-refractivity contribution is 7.47. The van der Waals surface area contributed by atoms with Crippen LogP contribution in [0.5, 0.6) is 0 Å². The number of carbonyl (C=O) groups excluding carboxylic acids is 2. The Morgan fingerprint density at radius 3 is 1.69 bits per heavy atom. The molecule has 0 aromatic rings. The van der Waals surface area contributed by atoms with Crippen molar-refractivity contribution in [1.82, 2.24) is 0 Å². The molecule has 312 valence electrons. The molecule has 0 rings (SSSR count). The van der Waals surface area contributed by atoms with E-state index in [2.05, 4.69) is 18.4 Å². The summed E-state index contributed by atoms with van der Waals surface area (Å²) in [6, 6.07) is -1.56. The maximum atomic E-state index is 12.6. The van der Waals surface area contributed by atoms with Gasteiger partial charge in [-0.25, -0.2) is 4.57 Å². The molecule has 5 atom stereocenters. The van der Waals surface area contributed by atoms with Gasteiger partial charge in [-0.1, -0.05) is 146 Å². The summed E-state index contributed by atoms with van der Waals surface area (Å²) < 4.78 is 32.4. The van der Waals surface area contributed by atoms with Gasteiger partial charge in [0.05, 0.1) is 25.4 Å². The van der Waals surface area contributed by atoms with Crippen LogP contribution in [0.4, 0.5) is 0 Å². The molecule has 0 bridgehead atoms. The highest BCUT2D eigenvalue weighted by Crippen LogP contribution is 2.43. The molecule has 13 nitrogen and oxygen atoms in total. The zero-order chi connectivity index (χ0) is 40.3. The van der Waals surface area contributed by atoms with E-state index in [9.17, 15) is 34.1 Å². The van der Waals surface area contributed by atoms with Crippen LogP contribution < -0.4 is 5.73 Å². The Hall–Kier alpha value is -2.64. The number of carboxylic acid groups (broad SMARTS) is 1. The van der Waals surface area contributed by atoms with Crippen LogP contribution >= 0.6 is 7.82 Å². The fourth-order valence-corrected chi connectivity index (χ4v) is 5.82. The van der Waals surface area contributed by atoms with Gasteiger partial charge in [-0.3, -0.25) is 23.4 Å². The molecule has 0 aromatic heterocycles. The number of nitrogens with two attached hydrogens (primary N) is 1. The second-order valence-electron chi connectivity index (χ2n) is 13.5. The number of carboxylic acids is 1. The predicted octanol–water partition coefficient (Wildman–Crippen LogP) is 7.78. The molecule has 6 N–H and O–H groups in total. The van der Waals surface area contributed by atoms with E-state index in [0.29, 0.717) is 12.8 Å². The molecule has 0 saturated carbocycles. The van der Waals surface area contributed by atoms with Crippen molar-refractivity contribution < 1.29 is 57.7 Å². The van der Waals surface area contributed by atoms with Gasteiger partial charge < -0.3 is 35.4 Å². The molecule has 0 aromatic carbocycles. The topological polar surface area (TPSA) is 212 Å². The Labute approximate surface area is 323 Å². The van der Waals surface area contributed by atoms with Crippen molar-refractivity contribution in [3.63, 3.8) is 0 Å². The summed E-state index contributed by atoms with van der Waals surface area (Å²) in [7, 11) is -4.78. The second kappa shape index (κ2) is 34.8. The first-order valence-electron chi connectivity index (χ1n) is 19.9. The van der Waals surface area contributed by atoms with Crippen LogP contribution in [0.2, 0.25) is 0 Å². The molecule has 0 fully saturated rings. The summed E-state index contributed by atoms with van der Waals surface area (Å²) in [5.41, 5.74) is 5.30. The fourth-order valence-electron chi connectivity index (χ4n) is 5.04. The number of ether oxygens (including phenoxy) is 2. The molecule has 54 heavy (non-hydrogen) atoms. The summed E-state index contributed by atoms with van der Waals surface area (Å²) in [6.45, 7) is 2.43. The molecule has 0 aliphatic heterocycles. The molecular weight excluding hydrogens is 717 g/mol. The minimum atomic E-state index is -4.78. The lowest BCUT2D eigenvalue weighted by Crippen LogP contribution is -2.34. The number of unbranched alkanes of at least 4 members (excludes halogenated alkanes) is 12. The summed E-state index contributed by atoms with van der Waals surface area (Å²) in [4.78, 5) is 45.8. The Morgan fingerprint density at radius 1 is 0.648 bits per heavy atom. The second-order valence-corrected chi connectivity index (χ2v) is 14.9. The minimum Gasteiger partial charge on any atom is -0.480 e. The SMILES string of the molecule is CCCCCCCCCCCCCC(=O)OC[C@H](COP(=O)(O)OC[C@H](N)C(=O)O)OC(=O)CCC[C@H](O)/C=C/C=C\C/C=C\C=C\[C@H](O)CCCCC. The van der Waals surface area contributed by atoms with Crippen LogP contribution in [0.3, 0.4) is 0 Å². The highest BCUT2D eigenvalue weighted by Gasteiger charge is 2.28. The Kier molecular flexibility index (Phi) is 33.1. The van der Waals surface area contributed by atoms with Gasteiger partial charge in [0.25, 0.3) is 0 Å². The standard InChI is InChI=1S/C40H70NO12P/c1-3-5-7-8-9-10-11-12-16-19-23-29-38(44)50-31-36(32-51-54(48,49)52-33-37(41)40(46)47)53-39(45)30-24-28-35(43)27-22-18-15-13-14-17-21-26-34(42)25-20-6-4-2/h14-15,17-18,21-22,26-27,34-37,42-43H,3-13,16,19-20,23-25,28-33,41H2,1-2H3,(H,46,47)(H,48,49)/b17-14-,18-15-,26-21+,27-22+/t34-,35-,36-,37+/m1/s1. The van der Waals surface area contributed by atoms with Gasteiger partial charge in [-0.05, 0) is 32.1 Å². The molecule has 0 aliphatic carbocycles. The smallest absolute Gasteiger partial charge is 0.472 e.